The SMILES string of the molecule is C[C@H]1C[C@@H](CC(=O)[C@H](O)CO)CN(c2ccc(C#N)c3nccnc23)C1.C[C@H]1C[C@@H](CC(=O)[C@H](O)CO)CN(c2ccc(C#N)c3nccnc23)C1.C[C@H]1C[C@@H](N)CN(c2ccc(C#N)c3nccnc23)C1.O=C([O-])[C@H](O)CO.O=C([O-])[C@H](O)CO.[Ca+2]. The van der Waals surface area contributed by atoms with Gasteiger partial charge in [0.15, 0.2) is 11.6 Å². The van der Waals surface area contributed by atoms with Crippen LogP contribution in [0.5, 0.6) is 0 Å². The molecule has 3 saturated heterocycles. The second-order valence-corrected chi connectivity index (χ2v) is 21.5. The van der Waals surface area contributed by atoms with Gasteiger partial charge in [0.05, 0.1) is 72.1 Å². The van der Waals surface area contributed by atoms with Gasteiger partial charge in [-0.25, -0.2) is 0 Å². The summed E-state index contributed by atoms with van der Waals surface area (Å²) >= 11 is 0. The van der Waals surface area contributed by atoms with Crippen LogP contribution in [0.3, 0.4) is 0 Å². The number of benzene rings is 3. The van der Waals surface area contributed by atoms with Crippen molar-refractivity contribution in [3.8, 4) is 18.2 Å². The van der Waals surface area contributed by atoms with Crippen LogP contribution in [0.4, 0.5) is 17.1 Å². The van der Waals surface area contributed by atoms with E-state index in [1.165, 1.54) is 0 Å². The molecule has 0 aliphatic carbocycles. The zero-order valence-corrected chi connectivity index (χ0v) is 50.7. The first-order valence-corrected chi connectivity index (χ1v) is 27.7. The minimum atomic E-state index is -1.74. The van der Waals surface area contributed by atoms with Crippen LogP contribution in [-0.2, 0) is 19.2 Å². The van der Waals surface area contributed by atoms with Crippen molar-refractivity contribution in [2.75, 3.05) is 80.4 Å². The van der Waals surface area contributed by atoms with E-state index in [1.807, 2.05) is 24.3 Å². The van der Waals surface area contributed by atoms with Crippen LogP contribution < -0.4 is 30.6 Å². The van der Waals surface area contributed by atoms with E-state index in [4.69, 9.17) is 41.6 Å². The number of aromatic nitrogens is 6. The number of carbonyl (C=O) groups excluding carboxylic acids is 4. The number of fused-ring (bicyclic) bond motifs is 3. The Hall–Kier alpha value is -7.27. The van der Waals surface area contributed by atoms with Gasteiger partial charge in [-0.3, -0.25) is 39.5 Å². The molecule has 10 atom stereocenters. The van der Waals surface area contributed by atoms with Crippen LogP contribution in [0.2, 0.25) is 0 Å². The number of anilines is 3. The third-order valence-electron chi connectivity index (χ3n) is 14.3. The molecule has 3 aliphatic rings. The summed E-state index contributed by atoms with van der Waals surface area (Å²) in [5.74, 6) is -2.46. The zero-order valence-electron chi connectivity index (χ0n) is 48.5. The molecule has 458 valence electrons. The molecule has 10 N–H and O–H groups in total. The van der Waals surface area contributed by atoms with E-state index >= 15 is 0 Å². The number of Topliss-reactive ketones (excluding diaryl/α,β-unsaturated/α-hetero) is 2. The van der Waals surface area contributed by atoms with Crippen LogP contribution in [0.1, 0.15) is 69.6 Å². The molecule has 0 radical (unpaired) electrons. The summed E-state index contributed by atoms with van der Waals surface area (Å²) in [6.45, 7) is 8.56. The molecule has 0 amide bonds. The molecule has 6 heterocycles. The van der Waals surface area contributed by atoms with Crippen molar-refractivity contribution in [1.82, 2.24) is 29.9 Å². The van der Waals surface area contributed by atoms with Crippen molar-refractivity contribution in [3.05, 3.63) is 90.3 Å². The Morgan fingerprint density at radius 1 is 0.483 bits per heavy atom. The topological polar surface area (TPSA) is 461 Å². The van der Waals surface area contributed by atoms with Crippen molar-refractivity contribution >= 4 is 111 Å². The van der Waals surface area contributed by atoms with E-state index in [9.17, 15) is 50.1 Å². The fraction of sp³-hybridized carbons (Fsp3) is 0.475. The van der Waals surface area contributed by atoms with Gasteiger partial charge in [-0.05, 0) is 85.3 Å². The average Bonchev–Trinajstić information content (AvgIpc) is 1.69. The van der Waals surface area contributed by atoms with Gasteiger partial charge in [-0.15, -0.1) is 0 Å². The van der Waals surface area contributed by atoms with Crippen LogP contribution in [0.25, 0.3) is 33.1 Å². The number of aliphatic carboxylic acids is 2. The molecule has 3 aromatic heterocycles. The number of nitrogens with zero attached hydrogens (tertiary/aromatic N) is 12. The van der Waals surface area contributed by atoms with E-state index in [-0.39, 0.29) is 80.0 Å². The Balaban J connectivity index is 0.000000251. The first-order chi connectivity index (χ1) is 41.1. The standard InChI is InChI=1S/2C19H22N4O3.C15H17N5.2C3H6O4.Ca/c2*1-12-6-13(7-16(25)17(26)11-24)10-23(9-12)15-3-2-14(8-20)18-19(15)22-5-4-21-18;1-10-6-12(17)9-20(8-10)13-3-2-11(7-16)14-15(13)19-5-4-18-14;2*4-1-2(5)3(6)7;/h2*2-5,12-13,17,24,26H,6-7,9-11H2,1H3;2-5,10,12H,6,8-9,17H2,1H3;2*2,4-5H,1H2,(H,6,7);/q;;;;;+2/p-2/t2*12-,13-,17+;10-,12+;2*2-;/m00011./s1. The number of rotatable bonds is 15. The summed E-state index contributed by atoms with van der Waals surface area (Å²) in [7, 11) is 0. The Bertz CT molecular complexity index is 3230. The Morgan fingerprint density at radius 3 is 1.01 bits per heavy atom. The van der Waals surface area contributed by atoms with E-state index in [1.54, 1.807) is 49.3 Å². The number of carbonyl (C=O) groups is 4. The second-order valence-electron chi connectivity index (χ2n) is 21.5. The maximum atomic E-state index is 12.0. The molecule has 3 fully saturated rings. The Kier molecular flexibility index (Phi) is 29.5. The monoisotopic (exact) mass is 1230 g/mol. The molecule has 0 bridgehead atoms. The second kappa shape index (κ2) is 35.5. The third kappa shape index (κ3) is 20.4. The van der Waals surface area contributed by atoms with Crippen molar-refractivity contribution in [3.63, 3.8) is 0 Å². The number of hydrogen-bond donors (Lipinski definition) is 9. The van der Waals surface area contributed by atoms with Crippen LogP contribution >= 0.6 is 0 Å². The number of nitriles is 3. The van der Waals surface area contributed by atoms with Crippen LogP contribution in [0.15, 0.2) is 73.6 Å². The summed E-state index contributed by atoms with van der Waals surface area (Å²) in [4.78, 5) is 75.6. The maximum Gasteiger partial charge on any atom is 2.00 e. The zero-order chi connectivity index (χ0) is 63.2. The number of ketones is 2. The van der Waals surface area contributed by atoms with E-state index in [0.29, 0.717) is 75.1 Å². The van der Waals surface area contributed by atoms with Crippen molar-refractivity contribution in [2.24, 2.45) is 35.3 Å². The van der Waals surface area contributed by atoms with Gasteiger partial charge in [-0.1, -0.05) is 20.8 Å². The van der Waals surface area contributed by atoms with Gasteiger partial charge < -0.3 is 81.1 Å². The van der Waals surface area contributed by atoms with Gasteiger partial charge >= 0.3 is 37.7 Å². The Labute approximate surface area is 531 Å². The van der Waals surface area contributed by atoms with Crippen LogP contribution in [-0.4, -0.2) is 228 Å². The molecular weight excluding hydrogens is 1150 g/mol. The molecule has 0 saturated carbocycles. The minimum Gasteiger partial charge on any atom is -0.547 e. The molecule has 28 heteroatoms. The van der Waals surface area contributed by atoms with Crippen LogP contribution in [0, 0.1) is 63.6 Å². The number of hydrogen-bond acceptors (Lipinski definition) is 27. The summed E-state index contributed by atoms with van der Waals surface area (Å²) in [6.07, 6.45) is 6.88. The molecule has 6 aromatic rings. The third-order valence-corrected chi connectivity index (χ3v) is 14.3. The fourth-order valence-corrected chi connectivity index (χ4v) is 10.6. The Morgan fingerprint density at radius 2 is 0.759 bits per heavy atom. The smallest absolute Gasteiger partial charge is 0.547 e. The predicted molar refractivity (Wildman–Crippen MR) is 313 cm³/mol. The predicted octanol–water partition coefficient (Wildman–Crippen LogP) is -1.97. The number of nitrogens with two attached hydrogens (primary N) is 1. The quantitative estimate of drug-likeness (QED) is 0.0503. The molecule has 9 rings (SSSR count). The number of carboxylic acid groups (broad SMARTS) is 2. The van der Waals surface area contributed by atoms with E-state index in [0.717, 1.165) is 68.0 Å². The largest absolute Gasteiger partial charge is 2.00 e. The van der Waals surface area contributed by atoms with Gasteiger partial charge in [0, 0.05) is 95.3 Å². The molecule has 3 aromatic carbocycles. The average molecular weight is 1230 g/mol. The number of carboxylic acids is 2. The number of aliphatic hydroxyl groups excluding tert-OH is 8. The number of piperidine rings is 3. The summed E-state index contributed by atoms with van der Waals surface area (Å²) in [5, 5.41) is 115. The first-order valence-electron chi connectivity index (χ1n) is 27.7. The maximum absolute atomic E-state index is 12.0. The van der Waals surface area contributed by atoms with Crippen molar-refractivity contribution in [1.29, 1.82) is 15.8 Å². The van der Waals surface area contributed by atoms with Gasteiger partial charge in [0.25, 0.3) is 0 Å². The molecule has 3 aliphatic heterocycles. The molecule has 27 nitrogen and oxygen atoms in total. The van der Waals surface area contributed by atoms with Crippen molar-refractivity contribution in [2.45, 2.75) is 83.3 Å². The summed E-state index contributed by atoms with van der Waals surface area (Å²) in [5.41, 5.74) is 14.5. The first kappa shape index (κ1) is 72.2. The summed E-state index contributed by atoms with van der Waals surface area (Å²) < 4.78 is 0. The van der Waals surface area contributed by atoms with Crippen molar-refractivity contribution < 1.29 is 70.2 Å². The molecular formula is C59H71CaN13O14. The van der Waals surface area contributed by atoms with Gasteiger partial charge in [-0.2, -0.15) is 15.8 Å². The van der Waals surface area contributed by atoms with Gasteiger partial charge in [0.2, 0.25) is 0 Å². The normalized spacial score (nSPS) is 20.2. The molecule has 0 unspecified atom stereocenters. The molecule has 87 heavy (non-hydrogen) atoms. The number of aliphatic hydroxyl groups is 8. The fourth-order valence-electron chi connectivity index (χ4n) is 10.6. The van der Waals surface area contributed by atoms with E-state index < -0.39 is 62.8 Å². The minimum absolute atomic E-state index is 0. The van der Waals surface area contributed by atoms with E-state index in [2.05, 4.69) is 83.6 Å². The van der Waals surface area contributed by atoms with Gasteiger partial charge in [0.1, 0.15) is 75.7 Å². The molecule has 0 spiro atoms. The summed E-state index contributed by atoms with van der Waals surface area (Å²) in [6, 6.07) is 17.7.